The molecule has 1 aromatic rings. The number of rotatable bonds is 4. The Bertz CT molecular complexity index is 356. The molecule has 1 N–H and O–H groups in total. The van der Waals surface area contributed by atoms with Gasteiger partial charge in [-0.05, 0) is 49.9 Å². The third-order valence-electron chi connectivity index (χ3n) is 2.60. The van der Waals surface area contributed by atoms with Gasteiger partial charge in [-0.1, -0.05) is 12.1 Å². The van der Waals surface area contributed by atoms with Crippen LogP contribution in [0.3, 0.4) is 0 Å². The van der Waals surface area contributed by atoms with Gasteiger partial charge < -0.3 is 5.11 Å². The standard InChI is InChI=1S/C13H17FO/c1-4-5-8-13(3,15)12-7-6-11(14)9-10(12)2/h4,6-7,9,15H,1,5,8H2,2-3H3. The number of allylic oxidation sites excluding steroid dienone is 1. The molecule has 0 aromatic heterocycles. The van der Waals surface area contributed by atoms with Gasteiger partial charge in [-0.3, -0.25) is 0 Å². The highest BCUT2D eigenvalue weighted by atomic mass is 19.1. The van der Waals surface area contributed by atoms with Crippen LogP contribution in [-0.4, -0.2) is 5.11 Å². The Balaban J connectivity index is 2.98. The molecule has 0 aliphatic heterocycles. The molecule has 0 spiro atoms. The summed E-state index contributed by atoms with van der Waals surface area (Å²) in [6.07, 6.45) is 3.11. The second-order valence-electron chi connectivity index (χ2n) is 4.06. The first-order chi connectivity index (χ1) is 6.97. The third-order valence-corrected chi connectivity index (χ3v) is 2.60. The van der Waals surface area contributed by atoms with Gasteiger partial charge in [-0.15, -0.1) is 6.58 Å². The minimum atomic E-state index is -0.911. The minimum absolute atomic E-state index is 0.268. The first-order valence-corrected chi connectivity index (χ1v) is 5.07. The molecule has 0 bridgehead atoms. The van der Waals surface area contributed by atoms with E-state index in [0.717, 1.165) is 17.5 Å². The molecule has 1 unspecified atom stereocenters. The van der Waals surface area contributed by atoms with E-state index in [-0.39, 0.29) is 5.82 Å². The Morgan fingerprint density at radius 1 is 1.53 bits per heavy atom. The van der Waals surface area contributed by atoms with Crippen molar-refractivity contribution in [2.24, 2.45) is 0 Å². The molecular formula is C13H17FO. The number of hydrogen-bond acceptors (Lipinski definition) is 1. The molecular weight excluding hydrogens is 191 g/mol. The highest BCUT2D eigenvalue weighted by Crippen LogP contribution is 2.28. The van der Waals surface area contributed by atoms with Gasteiger partial charge >= 0.3 is 0 Å². The van der Waals surface area contributed by atoms with Crippen molar-refractivity contribution in [3.63, 3.8) is 0 Å². The largest absolute Gasteiger partial charge is 0.385 e. The van der Waals surface area contributed by atoms with Crippen LogP contribution in [0.25, 0.3) is 0 Å². The molecule has 1 nitrogen and oxygen atoms in total. The maximum atomic E-state index is 12.9. The lowest BCUT2D eigenvalue weighted by Crippen LogP contribution is -2.22. The van der Waals surface area contributed by atoms with Crippen molar-refractivity contribution in [1.82, 2.24) is 0 Å². The SMILES string of the molecule is C=CCCC(C)(O)c1ccc(F)cc1C. The lowest BCUT2D eigenvalue weighted by molar-refractivity contribution is 0.0481. The first-order valence-electron chi connectivity index (χ1n) is 5.07. The monoisotopic (exact) mass is 208 g/mol. The molecule has 1 atom stereocenters. The molecule has 2 heteroatoms. The van der Waals surface area contributed by atoms with Crippen LogP contribution in [0.2, 0.25) is 0 Å². The Morgan fingerprint density at radius 2 is 2.20 bits per heavy atom. The van der Waals surface area contributed by atoms with E-state index in [1.807, 2.05) is 0 Å². The van der Waals surface area contributed by atoms with Gasteiger partial charge in [0.05, 0.1) is 5.60 Å². The number of hydrogen-bond donors (Lipinski definition) is 1. The summed E-state index contributed by atoms with van der Waals surface area (Å²) in [5, 5.41) is 10.2. The molecule has 82 valence electrons. The lowest BCUT2D eigenvalue weighted by atomic mass is 9.88. The van der Waals surface area contributed by atoms with Crippen LogP contribution in [0.5, 0.6) is 0 Å². The minimum Gasteiger partial charge on any atom is -0.385 e. The van der Waals surface area contributed by atoms with Gasteiger partial charge in [0.15, 0.2) is 0 Å². The van der Waals surface area contributed by atoms with E-state index in [1.165, 1.54) is 12.1 Å². The van der Waals surface area contributed by atoms with Gasteiger partial charge in [0.1, 0.15) is 5.82 Å². The quantitative estimate of drug-likeness (QED) is 0.753. The fraction of sp³-hybridized carbons (Fsp3) is 0.385. The number of halogens is 1. The van der Waals surface area contributed by atoms with Gasteiger partial charge in [-0.2, -0.15) is 0 Å². The first kappa shape index (κ1) is 11.9. The highest BCUT2D eigenvalue weighted by Gasteiger charge is 2.23. The molecule has 0 fully saturated rings. The second-order valence-corrected chi connectivity index (χ2v) is 4.06. The number of aryl methyl sites for hydroxylation is 1. The van der Waals surface area contributed by atoms with Crippen molar-refractivity contribution in [2.45, 2.75) is 32.3 Å². The summed E-state index contributed by atoms with van der Waals surface area (Å²) in [5.41, 5.74) is 0.654. The smallest absolute Gasteiger partial charge is 0.123 e. The zero-order chi connectivity index (χ0) is 11.5. The molecule has 0 radical (unpaired) electrons. The molecule has 0 aliphatic carbocycles. The molecule has 1 rings (SSSR count). The number of benzene rings is 1. The molecule has 0 saturated carbocycles. The molecule has 1 aromatic carbocycles. The molecule has 0 aliphatic rings. The van der Waals surface area contributed by atoms with Crippen molar-refractivity contribution >= 4 is 0 Å². The second kappa shape index (κ2) is 4.58. The Labute approximate surface area is 90.3 Å². The summed E-state index contributed by atoms with van der Waals surface area (Å²) in [4.78, 5) is 0. The average molecular weight is 208 g/mol. The maximum absolute atomic E-state index is 12.9. The van der Waals surface area contributed by atoms with E-state index < -0.39 is 5.60 Å². The topological polar surface area (TPSA) is 20.2 Å². The molecule has 0 saturated heterocycles. The van der Waals surface area contributed by atoms with Crippen molar-refractivity contribution in [1.29, 1.82) is 0 Å². The van der Waals surface area contributed by atoms with Crippen LogP contribution in [0.15, 0.2) is 30.9 Å². The van der Waals surface area contributed by atoms with Crippen molar-refractivity contribution in [3.05, 3.63) is 47.8 Å². The van der Waals surface area contributed by atoms with E-state index in [2.05, 4.69) is 6.58 Å². The van der Waals surface area contributed by atoms with Gasteiger partial charge in [0.2, 0.25) is 0 Å². The van der Waals surface area contributed by atoms with Gasteiger partial charge in [0, 0.05) is 0 Å². The summed E-state index contributed by atoms with van der Waals surface area (Å²) in [6.45, 7) is 7.18. The maximum Gasteiger partial charge on any atom is 0.123 e. The Morgan fingerprint density at radius 3 is 2.73 bits per heavy atom. The van der Waals surface area contributed by atoms with Gasteiger partial charge in [0.25, 0.3) is 0 Å². The van der Waals surface area contributed by atoms with E-state index in [1.54, 1.807) is 26.0 Å². The Hall–Kier alpha value is -1.15. The van der Waals surface area contributed by atoms with Crippen LogP contribution in [-0.2, 0) is 5.60 Å². The predicted molar refractivity (Wildman–Crippen MR) is 60.1 cm³/mol. The molecule has 15 heavy (non-hydrogen) atoms. The fourth-order valence-electron chi connectivity index (χ4n) is 1.75. The average Bonchev–Trinajstić information content (AvgIpc) is 2.14. The van der Waals surface area contributed by atoms with Crippen LogP contribution < -0.4 is 0 Å². The summed E-state index contributed by atoms with van der Waals surface area (Å²) in [6, 6.07) is 4.47. The van der Waals surface area contributed by atoms with Crippen LogP contribution in [0.1, 0.15) is 30.9 Å². The van der Waals surface area contributed by atoms with E-state index in [4.69, 9.17) is 0 Å². The Kier molecular flexibility index (Phi) is 3.64. The summed E-state index contributed by atoms with van der Waals surface area (Å²) >= 11 is 0. The van der Waals surface area contributed by atoms with Crippen molar-refractivity contribution < 1.29 is 9.50 Å². The molecule has 0 amide bonds. The summed E-state index contributed by atoms with van der Waals surface area (Å²) in [7, 11) is 0. The predicted octanol–water partition coefficient (Wildman–Crippen LogP) is 3.31. The van der Waals surface area contributed by atoms with Crippen LogP contribution >= 0.6 is 0 Å². The zero-order valence-electron chi connectivity index (χ0n) is 9.26. The third kappa shape index (κ3) is 2.90. The van der Waals surface area contributed by atoms with Crippen molar-refractivity contribution in [3.8, 4) is 0 Å². The van der Waals surface area contributed by atoms with Gasteiger partial charge in [-0.25, -0.2) is 4.39 Å². The zero-order valence-corrected chi connectivity index (χ0v) is 9.26. The summed E-state index contributed by atoms with van der Waals surface area (Å²) in [5.74, 6) is -0.268. The fourth-order valence-corrected chi connectivity index (χ4v) is 1.75. The normalized spacial score (nSPS) is 14.7. The van der Waals surface area contributed by atoms with Crippen LogP contribution in [0, 0.1) is 12.7 Å². The van der Waals surface area contributed by atoms with E-state index in [0.29, 0.717) is 6.42 Å². The van der Waals surface area contributed by atoms with Crippen molar-refractivity contribution in [2.75, 3.05) is 0 Å². The number of aliphatic hydroxyl groups is 1. The van der Waals surface area contributed by atoms with E-state index in [9.17, 15) is 9.50 Å². The van der Waals surface area contributed by atoms with Crippen LogP contribution in [0.4, 0.5) is 4.39 Å². The van der Waals surface area contributed by atoms with E-state index >= 15 is 0 Å². The lowest BCUT2D eigenvalue weighted by Gasteiger charge is -2.25. The highest BCUT2D eigenvalue weighted by molar-refractivity contribution is 5.31. The molecule has 0 heterocycles. The summed E-state index contributed by atoms with van der Waals surface area (Å²) < 4.78 is 12.9.